The van der Waals surface area contributed by atoms with Crippen LogP contribution in [0, 0.1) is 0 Å². The summed E-state index contributed by atoms with van der Waals surface area (Å²) in [6.45, 7) is 0. The molecule has 2 heterocycles. The first-order chi connectivity index (χ1) is 9.56. The van der Waals surface area contributed by atoms with Crippen molar-refractivity contribution in [3.8, 4) is 0 Å². The van der Waals surface area contributed by atoms with Gasteiger partial charge in [-0.2, -0.15) is 0 Å². The molecule has 0 aliphatic carbocycles. The third kappa shape index (κ3) is 2.38. The number of amides is 1. The van der Waals surface area contributed by atoms with Gasteiger partial charge in [-0.3, -0.25) is 4.79 Å². The standard InChI is InChI=1S/C15H20ClN3O/c1-19(11-7-9-5-6-10(8-11)18-9)13-4-2-3-12(16)14(13)15(17)20/h2-4,9-11,18H,5-8H2,1H3,(H2,17,20). The first kappa shape index (κ1) is 13.7. The van der Waals surface area contributed by atoms with Crippen molar-refractivity contribution in [2.24, 2.45) is 5.73 Å². The molecule has 0 radical (unpaired) electrons. The van der Waals surface area contributed by atoms with Crippen LogP contribution in [-0.2, 0) is 0 Å². The number of piperidine rings is 1. The number of hydrogen-bond donors (Lipinski definition) is 2. The summed E-state index contributed by atoms with van der Waals surface area (Å²) in [4.78, 5) is 13.8. The molecule has 2 atom stereocenters. The largest absolute Gasteiger partial charge is 0.371 e. The van der Waals surface area contributed by atoms with E-state index in [1.807, 2.05) is 19.2 Å². The quantitative estimate of drug-likeness (QED) is 0.898. The molecule has 108 valence electrons. The number of halogens is 1. The van der Waals surface area contributed by atoms with Crippen molar-refractivity contribution in [1.29, 1.82) is 0 Å². The molecule has 3 N–H and O–H groups in total. The lowest BCUT2D eigenvalue weighted by Crippen LogP contribution is -2.47. The molecule has 1 aromatic carbocycles. The van der Waals surface area contributed by atoms with Crippen molar-refractivity contribution in [2.45, 2.75) is 43.8 Å². The summed E-state index contributed by atoms with van der Waals surface area (Å²) in [6.07, 6.45) is 4.73. The Morgan fingerprint density at radius 3 is 2.60 bits per heavy atom. The maximum absolute atomic E-state index is 11.7. The van der Waals surface area contributed by atoms with Gasteiger partial charge >= 0.3 is 0 Å². The van der Waals surface area contributed by atoms with Gasteiger partial charge in [0.05, 0.1) is 16.3 Å². The minimum absolute atomic E-state index is 0.429. The van der Waals surface area contributed by atoms with Crippen molar-refractivity contribution in [3.05, 3.63) is 28.8 Å². The van der Waals surface area contributed by atoms with Gasteiger partial charge in [-0.25, -0.2) is 0 Å². The van der Waals surface area contributed by atoms with E-state index in [0.29, 0.717) is 28.7 Å². The van der Waals surface area contributed by atoms with Gasteiger partial charge in [-0.1, -0.05) is 17.7 Å². The van der Waals surface area contributed by atoms with Gasteiger partial charge in [0.25, 0.3) is 5.91 Å². The molecular weight excluding hydrogens is 274 g/mol. The van der Waals surface area contributed by atoms with E-state index in [2.05, 4.69) is 10.2 Å². The lowest BCUT2D eigenvalue weighted by molar-refractivity contribution is 0.100. The lowest BCUT2D eigenvalue weighted by Gasteiger charge is -2.37. The molecule has 3 rings (SSSR count). The number of carbonyl (C=O) groups excluding carboxylic acids is 1. The number of hydrogen-bond acceptors (Lipinski definition) is 3. The molecule has 1 amide bonds. The predicted molar refractivity (Wildman–Crippen MR) is 81.3 cm³/mol. The van der Waals surface area contributed by atoms with Crippen LogP contribution in [0.25, 0.3) is 0 Å². The first-order valence-electron chi connectivity index (χ1n) is 7.13. The molecule has 2 aliphatic rings. The molecule has 2 unspecified atom stereocenters. The molecule has 0 aromatic heterocycles. The monoisotopic (exact) mass is 293 g/mol. The van der Waals surface area contributed by atoms with Crippen LogP contribution < -0.4 is 16.0 Å². The molecule has 1 aromatic rings. The summed E-state index contributed by atoms with van der Waals surface area (Å²) in [5, 5.41) is 4.06. The topological polar surface area (TPSA) is 58.4 Å². The number of nitrogens with two attached hydrogens (primary N) is 1. The summed E-state index contributed by atoms with van der Waals surface area (Å²) in [7, 11) is 2.04. The molecule has 2 fully saturated rings. The SMILES string of the molecule is CN(c1cccc(Cl)c1C(N)=O)C1CC2CCC(C1)N2. The van der Waals surface area contributed by atoms with Gasteiger partial charge in [0.2, 0.25) is 0 Å². The van der Waals surface area contributed by atoms with Crippen LogP contribution in [0.3, 0.4) is 0 Å². The van der Waals surface area contributed by atoms with Crippen LogP contribution in [0.2, 0.25) is 5.02 Å². The van der Waals surface area contributed by atoms with Gasteiger partial charge < -0.3 is 16.0 Å². The van der Waals surface area contributed by atoms with Crippen molar-refractivity contribution in [1.82, 2.24) is 5.32 Å². The van der Waals surface area contributed by atoms with Crippen LogP contribution in [-0.4, -0.2) is 31.1 Å². The summed E-state index contributed by atoms with van der Waals surface area (Å²) in [5.74, 6) is -0.464. The Hall–Kier alpha value is -1.26. The zero-order valence-electron chi connectivity index (χ0n) is 11.6. The zero-order chi connectivity index (χ0) is 14.3. The van der Waals surface area contributed by atoms with Crippen LogP contribution in [0.5, 0.6) is 0 Å². The van der Waals surface area contributed by atoms with E-state index in [1.54, 1.807) is 6.07 Å². The molecule has 4 nitrogen and oxygen atoms in total. The molecule has 2 saturated heterocycles. The molecule has 20 heavy (non-hydrogen) atoms. The molecule has 5 heteroatoms. The van der Waals surface area contributed by atoms with Crippen molar-refractivity contribution >= 4 is 23.2 Å². The third-order valence-corrected chi connectivity index (χ3v) is 4.93. The number of anilines is 1. The summed E-state index contributed by atoms with van der Waals surface area (Å²) >= 11 is 6.14. The van der Waals surface area contributed by atoms with Gasteiger partial charge in [-0.15, -0.1) is 0 Å². The van der Waals surface area contributed by atoms with Crippen molar-refractivity contribution in [3.63, 3.8) is 0 Å². The number of nitrogens with one attached hydrogen (secondary N) is 1. The minimum Gasteiger partial charge on any atom is -0.371 e. The second kappa shape index (κ2) is 5.26. The Labute approximate surface area is 124 Å². The van der Waals surface area contributed by atoms with Gasteiger partial charge in [-0.05, 0) is 37.8 Å². The molecular formula is C15H20ClN3O. The highest BCUT2D eigenvalue weighted by atomic mass is 35.5. The smallest absolute Gasteiger partial charge is 0.252 e. The number of fused-ring (bicyclic) bond motifs is 2. The lowest BCUT2D eigenvalue weighted by atomic mass is 9.97. The highest BCUT2D eigenvalue weighted by Crippen LogP contribution is 2.34. The number of benzene rings is 1. The van der Waals surface area contributed by atoms with Crippen LogP contribution in [0.15, 0.2) is 18.2 Å². The van der Waals surface area contributed by atoms with Gasteiger partial charge in [0.15, 0.2) is 0 Å². The van der Waals surface area contributed by atoms with E-state index >= 15 is 0 Å². The van der Waals surface area contributed by atoms with Crippen molar-refractivity contribution < 1.29 is 4.79 Å². The third-order valence-electron chi connectivity index (χ3n) is 4.61. The second-order valence-corrected chi connectivity index (χ2v) is 6.28. The molecule has 0 saturated carbocycles. The maximum atomic E-state index is 11.7. The second-order valence-electron chi connectivity index (χ2n) is 5.87. The minimum atomic E-state index is -0.464. The fraction of sp³-hybridized carbons (Fsp3) is 0.533. The zero-order valence-corrected chi connectivity index (χ0v) is 12.4. The molecule has 2 bridgehead atoms. The molecule has 0 spiro atoms. The fourth-order valence-electron chi connectivity index (χ4n) is 3.59. The van der Waals surface area contributed by atoms with E-state index in [1.165, 1.54) is 12.8 Å². The summed E-state index contributed by atoms with van der Waals surface area (Å²) in [6, 6.07) is 7.16. The van der Waals surface area contributed by atoms with E-state index in [0.717, 1.165) is 18.5 Å². The van der Waals surface area contributed by atoms with E-state index in [-0.39, 0.29) is 0 Å². The Kier molecular flexibility index (Phi) is 3.61. The number of primary amides is 1. The van der Waals surface area contributed by atoms with Crippen LogP contribution >= 0.6 is 11.6 Å². The highest BCUT2D eigenvalue weighted by molar-refractivity contribution is 6.34. The molecule has 2 aliphatic heterocycles. The Morgan fingerprint density at radius 1 is 1.35 bits per heavy atom. The average Bonchev–Trinajstić information content (AvgIpc) is 2.75. The maximum Gasteiger partial charge on any atom is 0.252 e. The first-order valence-corrected chi connectivity index (χ1v) is 7.51. The predicted octanol–water partition coefficient (Wildman–Crippen LogP) is 2.16. The normalized spacial score (nSPS) is 28.4. The van der Waals surface area contributed by atoms with E-state index in [9.17, 15) is 4.79 Å². The Morgan fingerprint density at radius 2 is 2.00 bits per heavy atom. The highest BCUT2D eigenvalue weighted by Gasteiger charge is 2.35. The Balaban J connectivity index is 1.89. The van der Waals surface area contributed by atoms with E-state index < -0.39 is 5.91 Å². The summed E-state index contributed by atoms with van der Waals surface area (Å²) in [5.41, 5.74) is 6.76. The summed E-state index contributed by atoms with van der Waals surface area (Å²) < 4.78 is 0. The van der Waals surface area contributed by atoms with Crippen LogP contribution in [0.1, 0.15) is 36.0 Å². The van der Waals surface area contributed by atoms with E-state index in [4.69, 9.17) is 17.3 Å². The number of carbonyl (C=O) groups is 1. The van der Waals surface area contributed by atoms with Crippen molar-refractivity contribution in [2.75, 3.05) is 11.9 Å². The number of rotatable bonds is 3. The average molecular weight is 294 g/mol. The van der Waals surface area contributed by atoms with Crippen LogP contribution in [0.4, 0.5) is 5.69 Å². The Bertz CT molecular complexity index is 522. The number of nitrogens with zero attached hydrogens (tertiary/aromatic N) is 1. The van der Waals surface area contributed by atoms with Gasteiger partial charge in [0.1, 0.15) is 0 Å². The van der Waals surface area contributed by atoms with Gasteiger partial charge in [0, 0.05) is 25.2 Å². The fourth-order valence-corrected chi connectivity index (χ4v) is 3.85.